The summed E-state index contributed by atoms with van der Waals surface area (Å²) in [6.07, 6.45) is 2.54. The third kappa shape index (κ3) is 4.03. The Balaban J connectivity index is 2.21. The summed E-state index contributed by atoms with van der Waals surface area (Å²) >= 11 is 0. The van der Waals surface area contributed by atoms with Crippen LogP contribution in [0.1, 0.15) is 16.8 Å². The zero-order chi connectivity index (χ0) is 16.3. The van der Waals surface area contributed by atoms with Gasteiger partial charge in [-0.2, -0.15) is 19.8 Å². The van der Waals surface area contributed by atoms with E-state index in [2.05, 4.69) is 24.5 Å². The first-order chi connectivity index (χ1) is 10.3. The van der Waals surface area contributed by atoms with Gasteiger partial charge in [-0.05, 0) is 6.92 Å². The van der Waals surface area contributed by atoms with Crippen molar-refractivity contribution in [2.75, 3.05) is 5.32 Å². The van der Waals surface area contributed by atoms with Crippen LogP contribution in [-0.2, 0) is 17.7 Å². The topological polar surface area (TPSA) is 161 Å². The van der Waals surface area contributed by atoms with Gasteiger partial charge in [-0.1, -0.05) is 0 Å². The van der Waals surface area contributed by atoms with Crippen LogP contribution in [0, 0.1) is 6.92 Å². The molecule has 6 N–H and O–H groups in total. The van der Waals surface area contributed by atoms with Crippen LogP contribution in [0.3, 0.4) is 0 Å². The van der Waals surface area contributed by atoms with E-state index in [9.17, 15) is 9.90 Å². The molecule has 0 unspecified atom stereocenters. The minimum atomic E-state index is -4.40. The Morgan fingerprint density at radius 2 is 2.18 bits per heavy atom. The fourth-order valence-corrected chi connectivity index (χ4v) is 2.03. The predicted octanol–water partition coefficient (Wildman–Crippen LogP) is 0.160. The second-order valence-corrected chi connectivity index (χ2v) is 5.70. The number of pyridine rings is 1. The summed E-state index contributed by atoms with van der Waals surface area (Å²) in [7, 11) is -4.40. The number of hydrogen-bond donors (Lipinski definition) is 6. The molecule has 0 aliphatic heterocycles. The third-order valence-electron chi connectivity index (χ3n) is 2.85. The van der Waals surface area contributed by atoms with Crippen LogP contribution in [0.2, 0.25) is 0 Å². The lowest BCUT2D eigenvalue weighted by molar-refractivity contribution is 0.152. The molecule has 0 spiro atoms. The van der Waals surface area contributed by atoms with Crippen molar-refractivity contribution in [2.45, 2.75) is 20.1 Å². The molecule has 0 aliphatic carbocycles. The highest BCUT2D eigenvalue weighted by molar-refractivity contribution is 7.53. The van der Waals surface area contributed by atoms with Crippen molar-refractivity contribution in [3.63, 3.8) is 0 Å². The Labute approximate surface area is 124 Å². The average Bonchev–Trinajstić information content (AvgIpc) is 2.83. The van der Waals surface area contributed by atoms with Crippen LogP contribution in [-0.4, -0.2) is 29.9 Å². The average molecular weight is 332 g/mol. The van der Waals surface area contributed by atoms with E-state index in [0.717, 1.165) is 0 Å². The summed E-state index contributed by atoms with van der Waals surface area (Å²) in [4.78, 5) is 41.8. The molecule has 0 amide bonds. The van der Waals surface area contributed by atoms with Gasteiger partial charge in [0.15, 0.2) is 0 Å². The molecule has 10 nitrogen and oxygen atoms in total. The Morgan fingerprint density at radius 1 is 1.45 bits per heavy atom. The molecule has 0 radical (unpaired) electrons. The highest BCUT2D eigenvalue weighted by atomic mass is 31.2. The third-order valence-corrected chi connectivity index (χ3v) is 3.33. The second-order valence-electron chi connectivity index (χ2n) is 4.42. The Kier molecular flexibility index (Phi) is 4.79. The number of aromatic amines is 1. The minimum absolute atomic E-state index is 0.0320. The zero-order valence-electron chi connectivity index (χ0n) is 11.5. The van der Waals surface area contributed by atoms with Crippen LogP contribution in [0.15, 0.2) is 21.8 Å². The Morgan fingerprint density at radius 3 is 2.77 bits per heavy atom. The summed E-state index contributed by atoms with van der Waals surface area (Å²) in [6.45, 7) is 1.23. The first-order valence-electron chi connectivity index (χ1n) is 6.06. The lowest BCUT2D eigenvalue weighted by Gasteiger charge is -2.13. The number of H-pyrrole nitrogens is 1. The van der Waals surface area contributed by atoms with Gasteiger partial charge in [0.1, 0.15) is 24.3 Å². The van der Waals surface area contributed by atoms with Crippen LogP contribution in [0.25, 0.3) is 0 Å². The maximum absolute atomic E-state index is 11.3. The predicted molar refractivity (Wildman–Crippen MR) is 75.7 cm³/mol. The number of aromatic hydroxyl groups is 1. The molecule has 22 heavy (non-hydrogen) atoms. The lowest BCUT2D eigenvalue weighted by Crippen LogP contribution is -2.11. The van der Waals surface area contributed by atoms with Gasteiger partial charge < -0.3 is 14.9 Å². The molecule has 0 fully saturated rings. The Bertz CT molecular complexity index is 706. The SMILES string of the molecule is Cc1ncc(CO[P+](O)(O)O)c(CNc2co[nH]c2=O)c1O. The first-order valence-corrected chi connectivity index (χ1v) is 7.62. The van der Waals surface area contributed by atoms with E-state index >= 15 is 0 Å². The maximum Gasteiger partial charge on any atom is 0.567 e. The van der Waals surface area contributed by atoms with E-state index in [1.54, 1.807) is 6.92 Å². The first kappa shape index (κ1) is 16.4. The molecular weight excluding hydrogens is 317 g/mol. The molecule has 0 saturated carbocycles. The number of nitrogens with zero attached hydrogens (tertiary/aromatic N) is 1. The smallest absolute Gasteiger partial charge is 0.506 e. The summed E-state index contributed by atoms with van der Waals surface area (Å²) in [5.41, 5.74) is 0.696. The fraction of sp³-hybridized carbons (Fsp3) is 0.273. The molecule has 0 atom stereocenters. The minimum Gasteiger partial charge on any atom is -0.506 e. The van der Waals surface area contributed by atoms with E-state index in [1.807, 2.05) is 0 Å². The van der Waals surface area contributed by atoms with E-state index in [1.165, 1.54) is 12.5 Å². The summed E-state index contributed by atoms with van der Waals surface area (Å²) in [6, 6.07) is 0. The largest absolute Gasteiger partial charge is 0.567 e. The van der Waals surface area contributed by atoms with E-state index in [-0.39, 0.29) is 24.6 Å². The van der Waals surface area contributed by atoms with Gasteiger partial charge in [0.25, 0.3) is 0 Å². The number of rotatable bonds is 6. The van der Waals surface area contributed by atoms with Crippen molar-refractivity contribution in [1.82, 2.24) is 10.1 Å². The molecule has 2 aromatic heterocycles. The van der Waals surface area contributed by atoms with Crippen molar-refractivity contribution in [2.24, 2.45) is 0 Å². The molecular formula is C11H15N3O7P+. The van der Waals surface area contributed by atoms with Gasteiger partial charge >= 0.3 is 13.7 Å². The molecule has 0 aliphatic rings. The van der Waals surface area contributed by atoms with Crippen LogP contribution >= 0.6 is 8.17 Å². The number of anilines is 1. The van der Waals surface area contributed by atoms with Gasteiger partial charge in [-0.3, -0.25) is 9.78 Å². The molecule has 11 heteroatoms. The van der Waals surface area contributed by atoms with Gasteiger partial charge in [0, 0.05) is 23.9 Å². The van der Waals surface area contributed by atoms with E-state index in [0.29, 0.717) is 16.8 Å². The van der Waals surface area contributed by atoms with Crippen molar-refractivity contribution < 1.29 is 28.8 Å². The molecule has 120 valence electrons. The highest BCUT2D eigenvalue weighted by Gasteiger charge is 2.33. The molecule has 2 aromatic rings. The van der Waals surface area contributed by atoms with E-state index < -0.39 is 13.7 Å². The molecule has 0 bridgehead atoms. The number of aromatic nitrogens is 2. The van der Waals surface area contributed by atoms with Crippen molar-refractivity contribution in [3.8, 4) is 5.75 Å². The quantitative estimate of drug-likeness (QED) is 0.405. The molecule has 2 heterocycles. The molecule has 0 aromatic carbocycles. The van der Waals surface area contributed by atoms with Crippen molar-refractivity contribution in [1.29, 1.82) is 0 Å². The van der Waals surface area contributed by atoms with Crippen LogP contribution in [0.5, 0.6) is 5.75 Å². The number of aryl methyl sites for hydroxylation is 1. The zero-order valence-corrected chi connectivity index (χ0v) is 12.4. The number of nitrogens with one attached hydrogen (secondary N) is 2. The van der Waals surface area contributed by atoms with Gasteiger partial charge in [0.05, 0.1) is 5.69 Å². The van der Waals surface area contributed by atoms with Crippen molar-refractivity contribution in [3.05, 3.63) is 39.6 Å². The maximum atomic E-state index is 11.3. The number of hydrogen-bond acceptors (Lipinski definition) is 9. The fourth-order valence-electron chi connectivity index (χ4n) is 1.72. The standard InChI is InChI=1S/C11H14N3O7P/c1-6-10(15)8(3-13-9-5-20-14-11(9)16)7(2-12-6)4-21-22(17,18)19/h2,5,13,17-19H,3-4H2,1H3,(H-,14,15,16)/p+1. The highest BCUT2D eigenvalue weighted by Crippen LogP contribution is 2.46. The van der Waals surface area contributed by atoms with E-state index in [4.69, 9.17) is 14.7 Å². The Hall–Kier alpha value is -1.97. The lowest BCUT2D eigenvalue weighted by atomic mass is 10.1. The normalized spacial score (nSPS) is 11.6. The second kappa shape index (κ2) is 6.42. The summed E-state index contributed by atoms with van der Waals surface area (Å²) in [5.74, 6) is -0.133. The molecule has 0 saturated heterocycles. The van der Waals surface area contributed by atoms with Gasteiger partial charge in [-0.15, -0.1) is 4.52 Å². The monoisotopic (exact) mass is 332 g/mol. The van der Waals surface area contributed by atoms with Gasteiger partial charge in [0.2, 0.25) is 0 Å². The van der Waals surface area contributed by atoms with Crippen molar-refractivity contribution >= 4 is 13.9 Å². The summed E-state index contributed by atoms with van der Waals surface area (Å²) < 4.78 is 9.14. The van der Waals surface area contributed by atoms with Crippen LogP contribution in [0.4, 0.5) is 5.69 Å². The van der Waals surface area contributed by atoms with Gasteiger partial charge in [-0.25, -0.2) is 0 Å². The molecule has 2 rings (SSSR count). The van der Waals surface area contributed by atoms with Crippen LogP contribution < -0.4 is 10.9 Å². The summed E-state index contributed by atoms with van der Waals surface area (Å²) in [5, 5.41) is 14.9.